The molecule has 0 saturated carbocycles. The number of hydrogen-bond donors (Lipinski definition) is 0. The van der Waals surface area contributed by atoms with Crippen LogP contribution in [-0.2, 0) is 22.8 Å². The minimum absolute atomic E-state index is 0.169. The van der Waals surface area contributed by atoms with Gasteiger partial charge in [-0.15, -0.1) is 0 Å². The van der Waals surface area contributed by atoms with E-state index in [1.807, 2.05) is 0 Å². The lowest BCUT2D eigenvalue weighted by molar-refractivity contribution is 0.315. The highest BCUT2D eigenvalue weighted by molar-refractivity contribution is 8.07. The molecule has 0 fully saturated rings. The van der Waals surface area contributed by atoms with Gasteiger partial charge in [0.15, 0.2) is 11.5 Å². The Bertz CT molecular complexity index is 866. The Morgan fingerprint density at radius 3 is 1.60 bits per heavy atom. The molecule has 0 N–H and O–H groups in total. The van der Waals surface area contributed by atoms with Crippen molar-refractivity contribution in [1.29, 1.82) is 0 Å². The third-order valence-corrected chi connectivity index (χ3v) is 7.79. The summed E-state index contributed by atoms with van der Waals surface area (Å²) in [6.45, 7) is -3.29. The van der Waals surface area contributed by atoms with E-state index in [0.29, 0.717) is 11.1 Å². The van der Waals surface area contributed by atoms with Crippen LogP contribution in [0.15, 0.2) is 12.1 Å². The highest BCUT2D eigenvalue weighted by Gasteiger charge is 2.34. The Morgan fingerprint density at radius 1 is 0.840 bits per heavy atom. The van der Waals surface area contributed by atoms with Crippen molar-refractivity contribution < 1.29 is 13.6 Å². The molecule has 2 aromatic rings. The van der Waals surface area contributed by atoms with Gasteiger partial charge in [0.05, 0.1) is 30.1 Å². The van der Waals surface area contributed by atoms with Crippen molar-refractivity contribution >= 4 is 88.1 Å². The third kappa shape index (κ3) is 3.71. The molecule has 3 rings (SSSR count). The number of halogens is 6. The van der Waals surface area contributed by atoms with Crippen LogP contribution in [0.1, 0.15) is 11.1 Å². The predicted molar refractivity (Wildman–Crippen MR) is 108 cm³/mol. The van der Waals surface area contributed by atoms with Crippen molar-refractivity contribution in [1.82, 2.24) is 0 Å². The van der Waals surface area contributed by atoms with E-state index in [0.717, 1.165) is 0 Å². The smallest absolute Gasteiger partial charge is 0.414 e. The Labute approximate surface area is 179 Å². The van der Waals surface area contributed by atoms with Gasteiger partial charge in [0, 0.05) is 36.5 Å². The molecule has 1 heterocycles. The zero-order valence-corrected chi connectivity index (χ0v) is 18.5. The fourth-order valence-corrected chi connectivity index (χ4v) is 5.36. The van der Waals surface area contributed by atoms with Crippen molar-refractivity contribution in [3.8, 4) is 11.5 Å². The van der Waals surface area contributed by atoms with Crippen LogP contribution in [0.2, 0.25) is 30.1 Å². The Hall–Kier alpha value is 0.390. The summed E-state index contributed by atoms with van der Waals surface area (Å²) in [6.07, 6.45) is 0.169. The highest BCUT2D eigenvalue weighted by atomic mass is 35.5. The average molecular weight is 499 g/mol. The lowest BCUT2D eigenvalue weighted by atomic mass is 10.0. The molecule has 25 heavy (non-hydrogen) atoms. The zero-order valence-electron chi connectivity index (χ0n) is 12.2. The molecule has 3 nitrogen and oxygen atoms in total. The normalized spacial score (nSPS) is 15.3. The van der Waals surface area contributed by atoms with Gasteiger partial charge in [-0.2, -0.15) is 0 Å². The molecular formula is C14H7Cl6O3PS. The standard InChI is InChI=1S/C14H7Cl6O3PS/c1-21-24(25)22-13-5(11(19)7(15)3-9(13)17)2-6-12(20)8(16)4-10(18)14(6)23-24/h3-4H,2H2,1H3. The fraction of sp³-hybridized carbons (Fsp3) is 0.143. The summed E-state index contributed by atoms with van der Waals surface area (Å²) >= 11 is 42.9. The van der Waals surface area contributed by atoms with Crippen LogP contribution in [-0.4, -0.2) is 7.11 Å². The van der Waals surface area contributed by atoms with E-state index in [2.05, 4.69) is 0 Å². The molecule has 0 aromatic heterocycles. The summed E-state index contributed by atoms with van der Waals surface area (Å²) < 4.78 is 16.9. The van der Waals surface area contributed by atoms with E-state index >= 15 is 0 Å². The minimum atomic E-state index is -3.29. The SMILES string of the molecule is COP1(=S)Oc2c(Cl)cc(Cl)c(Cl)c2Cc2c(Cl)c(Cl)cc(Cl)c2O1. The molecule has 0 bridgehead atoms. The Morgan fingerprint density at radius 2 is 1.24 bits per heavy atom. The van der Waals surface area contributed by atoms with Gasteiger partial charge >= 0.3 is 6.72 Å². The lowest BCUT2D eigenvalue weighted by Crippen LogP contribution is -2.11. The molecule has 0 saturated heterocycles. The molecule has 0 unspecified atom stereocenters. The number of fused-ring (bicyclic) bond motifs is 2. The van der Waals surface area contributed by atoms with E-state index in [4.69, 9.17) is 95.0 Å². The first-order valence-electron chi connectivity index (χ1n) is 6.54. The topological polar surface area (TPSA) is 27.7 Å². The summed E-state index contributed by atoms with van der Waals surface area (Å²) in [4.78, 5) is 0. The van der Waals surface area contributed by atoms with Gasteiger partial charge in [0.1, 0.15) is 0 Å². The Kier molecular flexibility index (Phi) is 5.98. The second kappa shape index (κ2) is 7.43. The van der Waals surface area contributed by atoms with Crippen molar-refractivity contribution in [2.45, 2.75) is 6.42 Å². The first-order valence-corrected chi connectivity index (χ1v) is 11.4. The molecule has 0 spiro atoms. The molecule has 1 aliphatic heterocycles. The first-order chi connectivity index (χ1) is 11.7. The zero-order chi connectivity index (χ0) is 18.5. The molecule has 134 valence electrons. The van der Waals surface area contributed by atoms with E-state index in [1.54, 1.807) is 0 Å². The second-order valence-corrected chi connectivity index (χ2v) is 10.3. The molecule has 2 aromatic carbocycles. The van der Waals surface area contributed by atoms with Crippen LogP contribution in [0.3, 0.4) is 0 Å². The maximum atomic E-state index is 6.36. The molecule has 11 heteroatoms. The summed E-state index contributed by atoms with van der Waals surface area (Å²) in [5.74, 6) is 0.443. The summed E-state index contributed by atoms with van der Waals surface area (Å²) in [7, 11) is 1.36. The van der Waals surface area contributed by atoms with Crippen LogP contribution in [0.25, 0.3) is 0 Å². The molecular weight excluding hydrogens is 492 g/mol. The average Bonchev–Trinajstić information content (AvgIpc) is 2.54. The van der Waals surface area contributed by atoms with Crippen molar-refractivity contribution in [3.05, 3.63) is 53.4 Å². The number of rotatable bonds is 1. The van der Waals surface area contributed by atoms with Gasteiger partial charge in [0.25, 0.3) is 0 Å². The van der Waals surface area contributed by atoms with Gasteiger partial charge in [-0.1, -0.05) is 69.6 Å². The van der Waals surface area contributed by atoms with Gasteiger partial charge in [-0.25, -0.2) is 0 Å². The van der Waals surface area contributed by atoms with Gasteiger partial charge in [-0.05, 0) is 12.1 Å². The maximum absolute atomic E-state index is 6.36. The fourth-order valence-electron chi connectivity index (χ4n) is 2.26. The second-order valence-electron chi connectivity index (χ2n) is 4.91. The van der Waals surface area contributed by atoms with Crippen molar-refractivity contribution in [2.75, 3.05) is 7.11 Å². The van der Waals surface area contributed by atoms with Crippen LogP contribution in [0.5, 0.6) is 11.5 Å². The molecule has 0 aliphatic carbocycles. The molecule has 0 amide bonds. The van der Waals surface area contributed by atoms with E-state index < -0.39 is 6.72 Å². The number of hydrogen-bond acceptors (Lipinski definition) is 4. The minimum Gasteiger partial charge on any atom is -0.414 e. The largest absolute Gasteiger partial charge is 0.434 e. The van der Waals surface area contributed by atoms with Crippen molar-refractivity contribution in [3.63, 3.8) is 0 Å². The molecule has 0 radical (unpaired) electrons. The van der Waals surface area contributed by atoms with E-state index in [9.17, 15) is 0 Å². The van der Waals surface area contributed by atoms with Crippen LogP contribution in [0, 0.1) is 0 Å². The first kappa shape index (κ1) is 20.1. The quantitative estimate of drug-likeness (QED) is 0.295. The lowest BCUT2D eigenvalue weighted by Gasteiger charge is -2.28. The van der Waals surface area contributed by atoms with Crippen LogP contribution < -0.4 is 9.05 Å². The molecule has 1 aliphatic rings. The maximum Gasteiger partial charge on any atom is 0.434 e. The van der Waals surface area contributed by atoms with Crippen molar-refractivity contribution in [2.24, 2.45) is 0 Å². The van der Waals surface area contributed by atoms with Crippen LogP contribution >= 0.6 is 76.3 Å². The highest BCUT2D eigenvalue weighted by Crippen LogP contribution is 2.58. The third-order valence-electron chi connectivity index (χ3n) is 3.42. The van der Waals surface area contributed by atoms with Gasteiger partial charge in [-0.3, -0.25) is 4.52 Å². The summed E-state index contributed by atoms with van der Waals surface area (Å²) in [5, 5.41) is 1.44. The van der Waals surface area contributed by atoms with Gasteiger partial charge < -0.3 is 9.05 Å². The summed E-state index contributed by atoms with van der Waals surface area (Å²) in [6, 6.07) is 2.91. The van der Waals surface area contributed by atoms with E-state index in [1.165, 1.54) is 19.2 Å². The Balaban J connectivity index is 2.38. The molecule has 0 atom stereocenters. The number of benzene rings is 2. The van der Waals surface area contributed by atoms with Gasteiger partial charge in [0.2, 0.25) is 0 Å². The summed E-state index contributed by atoms with van der Waals surface area (Å²) in [5.41, 5.74) is 0.963. The monoisotopic (exact) mass is 496 g/mol. The predicted octanol–water partition coefficient (Wildman–Crippen LogP) is 7.84. The van der Waals surface area contributed by atoms with E-state index in [-0.39, 0.29) is 48.1 Å². The van der Waals surface area contributed by atoms with Crippen LogP contribution in [0.4, 0.5) is 0 Å².